The molecule has 0 saturated heterocycles. The summed E-state index contributed by atoms with van der Waals surface area (Å²) in [7, 11) is 0. The van der Waals surface area contributed by atoms with Crippen molar-refractivity contribution in [3.63, 3.8) is 0 Å². The van der Waals surface area contributed by atoms with Crippen LogP contribution in [0.25, 0.3) is 10.6 Å². The number of ketones is 1. The second kappa shape index (κ2) is 4.73. The molecule has 0 spiro atoms. The van der Waals surface area contributed by atoms with E-state index in [1.54, 1.807) is 12.1 Å². The summed E-state index contributed by atoms with van der Waals surface area (Å²) in [5.41, 5.74) is 1.67. The minimum absolute atomic E-state index is 0.0507. The van der Waals surface area contributed by atoms with E-state index >= 15 is 0 Å². The molecule has 0 amide bonds. The lowest BCUT2D eigenvalue weighted by molar-refractivity contribution is -0.384. The van der Waals surface area contributed by atoms with Crippen molar-refractivity contribution in [2.24, 2.45) is 5.41 Å². The Morgan fingerprint density at radius 3 is 2.52 bits per heavy atom. The molecule has 21 heavy (non-hydrogen) atoms. The van der Waals surface area contributed by atoms with Crippen LogP contribution < -0.4 is 0 Å². The fraction of sp³-hybridized carbons (Fsp3) is 0.333. The summed E-state index contributed by atoms with van der Waals surface area (Å²) in [5.74, 6) is 0.145. The fourth-order valence-electron chi connectivity index (χ4n) is 2.57. The molecule has 3 rings (SSSR count). The van der Waals surface area contributed by atoms with Gasteiger partial charge in [0, 0.05) is 24.1 Å². The van der Waals surface area contributed by atoms with Crippen LogP contribution in [0.5, 0.6) is 0 Å². The van der Waals surface area contributed by atoms with Crippen LogP contribution in [0.4, 0.5) is 5.69 Å². The molecule has 6 heteroatoms. The van der Waals surface area contributed by atoms with Crippen molar-refractivity contribution < 1.29 is 9.72 Å². The van der Waals surface area contributed by atoms with Crippen molar-refractivity contribution in [2.45, 2.75) is 26.7 Å². The Labute approximate surface area is 125 Å². The molecule has 2 aromatic rings. The van der Waals surface area contributed by atoms with Crippen LogP contribution in [0.2, 0.25) is 0 Å². The molecule has 0 radical (unpaired) electrons. The van der Waals surface area contributed by atoms with E-state index in [-0.39, 0.29) is 16.9 Å². The lowest BCUT2D eigenvalue weighted by Crippen LogP contribution is -2.25. The molecule has 0 saturated carbocycles. The maximum Gasteiger partial charge on any atom is 0.269 e. The standard InChI is InChI=1S/C15H14N2O3S/c1-15(2)7-11-13(12(18)8-15)21-14(16-11)9-3-5-10(6-4-9)17(19)20/h3-6H,7-8H2,1-2H3. The molecular formula is C15H14N2O3S. The number of Topliss-reactive ketones (excluding diaryl/α,β-unsaturated/α-hetero) is 1. The highest BCUT2D eigenvalue weighted by atomic mass is 32.1. The number of hydrogen-bond acceptors (Lipinski definition) is 5. The van der Waals surface area contributed by atoms with Gasteiger partial charge in [0.05, 0.1) is 15.5 Å². The zero-order valence-electron chi connectivity index (χ0n) is 11.8. The summed E-state index contributed by atoms with van der Waals surface area (Å²) in [5, 5.41) is 11.4. The third kappa shape index (κ3) is 2.58. The van der Waals surface area contributed by atoms with Gasteiger partial charge in [-0.2, -0.15) is 0 Å². The molecule has 1 heterocycles. The third-order valence-corrected chi connectivity index (χ3v) is 4.75. The van der Waals surface area contributed by atoms with E-state index < -0.39 is 4.92 Å². The van der Waals surface area contributed by atoms with Crippen molar-refractivity contribution >= 4 is 22.8 Å². The molecule has 5 nitrogen and oxygen atoms in total. The van der Waals surface area contributed by atoms with E-state index in [1.807, 2.05) is 0 Å². The first-order valence-corrected chi connectivity index (χ1v) is 7.45. The number of thiazole rings is 1. The van der Waals surface area contributed by atoms with Crippen molar-refractivity contribution in [1.29, 1.82) is 0 Å². The molecule has 0 bridgehead atoms. The molecule has 0 N–H and O–H groups in total. The summed E-state index contributed by atoms with van der Waals surface area (Å²) in [4.78, 5) is 27.7. The maximum atomic E-state index is 12.2. The number of nitrogens with zero attached hydrogens (tertiary/aromatic N) is 2. The SMILES string of the molecule is CC1(C)CC(=O)c2sc(-c3ccc([N+](=O)[O-])cc3)nc2C1. The van der Waals surface area contributed by atoms with E-state index in [9.17, 15) is 14.9 Å². The average molecular weight is 302 g/mol. The summed E-state index contributed by atoms with van der Waals surface area (Å²) in [6, 6.07) is 6.28. The zero-order valence-corrected chi connectivity index (χ0v) is 12.6. The molecular weight excluding hydrogens is 288 g/mol. The number of fused-ring (bicyclic) bond motifs is 1. The average Bonchev–Trinajstić information content (AvgIpc) is 2.81. The van der Waals surface area contributed by atoms with E-state index in [0.29, 0.717) is 6.42 Å². The summed E-state index contributed by atoms with van der Waals surface area (Å²) < 4.78 is 0. The molecule has 0 aliphatic heterocycles. The predicted octanol–water partition coefficient (Wildman–Crippen LogP) is 3.87. The molecule has 0 atom stereocenters. The lowest BCUT2D eigenvalue weighted by Gasteiger charge is -2.26. The van der Waals surface area contributed by atoms with Crippen molar-refractivity contribution in [3.05, 3.63) is 45.0 Å². The number of carbonyl (C=O) groups excluding carboxylic acids is 1. The molecule has 1 aliphatic carbocycles. The van der Waals surface area contributed by atoms with Crippen LogP contribution in [-0.2, 0) is 6.42 Å². The molecule has 108 valence electrons. The highest BCUT2D eigenvalue weighted by Crippen LogP contribution is 2.39. The summed E-state index contributed by atoms with van der Waals surface area (Å²) >= 11 is 1.38. The Morgan fingerprint density at radius 1 is 1.24 bits per heavy atom. The Hall–Kier alpha value is -2.08. The monoisotopic (exact) mass is 302 g/mol. The minimum Gasteiger partial charge on any atom is -0.293 e. The van der Waals surface area contributed by atoms with Gasteiger partial charge >= 0.3 is 0 Å². The Kier molecular flexibility index (Phi) is 3.13. The fourth-order valence-corrected chi connectivity index (χ4v) is 3.59. The number of aromatic nitrogens is 1. The van der Waals surface area contributed by atoms with Gasteiger partial charge in [0.25, 0.3) is 5.69 Å². The van der Waals surface area contributed by atoms with Crippen LogP contribution in [0.15, 0.2) is 24.3 Å². The van der Waals surface area contributed by atoms with Gasteiger partial charge in [-0.3, -0.25) is 14.9 Å². The van der Waals surface area contributed by atoms with Crippen molar-refractivity contribution in [2.75, 3.05) is 0 Å². The summed E-state index contributed by atoms with van der Waals surface area (Å²) in [6.45, 7) is 4.14. The first-order chi connectivity index (χ1) is 9.85. The molecule has 1 aliphatic rings. The second-order valence-corrected chi connectivity index (χ2v) is 7.04. The van der Waals surface area contributed by atoms with E-state index in [0.717, 1.165) is 27.6 Å². The minimum atomic E-state index is -0.428. The maximum absolute atomic E-state index is 12.2. The van der Waals surface area contributed by atoms with Gasteiger partial charge in [-0.15, -0.1) is 11.3 Å². The van der Waals surface area contributed by atoms with Gasteiger partial charge < -0.3 is 0 Å². The van der Waals surface area contributed by atoms with Crippen LogP contribution in [-0.4, -0.2) is 15.7 Å². The van der Waals surface area contributed by atoms with Crippen molar-refractivity contribution in [1.82, 2.24) is 4.98 Å². The van der Waals surface area contributed by atoms with Gasteiger partial charge in [0.2, 0.25) is 0 Å². The number of benzene rings is 1. The van der Waals surface area contributed by atoms with Crippen LogP contribution in [0.3, 0.4) is 0 Å². The second-order valence-electron chi connectivity index (χ2n) is 6.04. The largest absolute Gasteiger partial charge is 0.293 e. The van der Waals surface area contributed by atoms with Gasteiger partial charge in [0.15, 0.2) is 5.78 Å². The number of hydrogen-bond donors (Lipinski definition) is 0. The van der Waals surface area contributed by atoms with Gasteiger partial charge in [-0.25, -0.2) is 4.98 Å². The van der Waals surface area contributed by atoms with Gasteiger partial charge in [-0.1, -0.05) is 13.8 Å². The highest BCUT2D eigenvalue weighted by molar-refractivity contribution is 7.17. The van der Waals surface area contributed by atoms with Crippen LogP contribution in [0, 0.1) is 15.5 Å². The Bertz CT molecular complexity index is 732. The predicted molar refractivity (Wildman–Crippen MR) is 80.6 cm³/mol. The van der Waals surface area contributed by atoms with Gasteiger partial charge in [-0.05, 0) is 24.0 Å². The number of carbonyl (C=O) groups is 1. The van der Waals surface area contributed by atoms with Crippen LogP contribution in [0.1, 0.15) is 35.6 Å². The smallest absolute Gasteiger partial charge is 0.269 e. The normalized spacial score (nSPS) is 16.6. The van der Waals surface area contributed by atoms with Gasteiger partial charge in [0.1, 0.15) is 5.01 Å². The molecule has 1 aromatic carbocycles. The quantitative estimate of drug-likeness (QED) is 0.623. The zero-order chi connectivity index (χ0) is 15.2. The highest BCUT2D eigenvalue weighted by Gasteiger charge is 2.33. The van der Waals surface area contributed by atoms with E-state index in [1.165, 1.54) is 23.5 Å². The van der Waals surface area contributed by atoms with Crippen LogP contribution >= 0.6 is 11.3 Å². The van der Waals surface area contributed by atoms with E-state index in [2.05, 4.69) is 18.8 Å². The first kappa shape index (κ1) is 13.9. The number of nitro benzene ring substituents is 1. The first-order valence-electron chi connectivity index (χ1n) is 6.63. The van der Waals surface area contributed by atoms with Crippen molar-refractivity contribution in [3.8, 4) is 10.6 Å². The Morgan fingerprint density at radius 2 is 1.90 bits per heavy atom. The number of rotatable bonds is 2. The molecule has 0 unspecified atom stereocenters. The lowest BCUT2D eigenvalue weighted by atomic mass is 9.78. The van der Waals surface area contributed by atoms with E-state index in [4.69, 9.17) is 0 Å². The topological polar surface area (TPSA) is 73.1 Å². The third-order valence-electron chi connectivity index (χ3n) is 3.56. The molecule has 0 fully saturated rings. The number of nitro groups is 1. The molecule has 1 aromatic heterocycles. The Balaban J connectivity index is 1.98. The summed E-state index contributed by atoms with van der Waals surface area (Å²) in [6.07, 6.45) is 1.33. The number of non-ortho nitro benzene ring substituents is 1.